The van der Waals surface area contributed by atoms with Gasteiger partial charge in [-0.2, -0.15) is 0 Å². The lowest BCUT2D eigenvalue weighted by molar-refractivity contribution is -0.385. The second kappa shape index (κ2) is 6.91. The normalized spacial score (nSPS) is 14.7. The SMILES string of the molecule is CSc1ccc(C(=O)N2CCN(c3ccc([N+](=O)[O-])cn3)CC2)o1. The molecule has 0 aliphatic carbocycles. The molecule has 0 spiro atoms. The van der Waals surface area contributed by atoms with Crippen molar-refractivity contribution < 1.29 is 14.1 Å². The van der Waals surface area contributed by atoms with E-state index in [2.05, 4.69) is 4.98 Å². The summed E-state index contributed by atoms with van der Waals surface area (Å²) >= 11 is 1.45. The minimum Gasteiger partial charge on any atom is -0.445 e. The van der Waals surface area contributed by atoms with Gasteiger partial charge in [-0.3, -0.25) is 14.9 Å². The van der Waals surface area contributed by atoms with E-state index in [0.29, 0.717) is 42.8 Å². The van der Waals surface area contributed by atoms with Crippen molar-refractivity contribution in [3.8, 4) is 0 Å². The fourth-order valence-electron chi connectivity index (χ4n) is 2.51. The van der Waals surface area contributed by atoms with Crippen molar-refractivity contribution in [1.29, 1.82) is 0 Å². The third kappa shape index (κ3) is 3.35. The van der Waals surface area contributed by atoms with Crippen LogP contribution in [0.4, 0.5) is 11.5 Å². The van der Waals surface area contributed by atoms with Crippen molar-refractivity contribution in [3.05, 3.63) is 46.3 Å². The van der Waals surface area contributed by atoms with Gasteiger partial charge in [-0.05, 0) is 24.5 Å². The Bertz CT molecular complexity index is 738. The van der Waals surface area contributed by atoms with Crippen molar-refractivity contribution >= 4 is 29.2 Å². The smallest absolute Gasteiger partial charge is 0.289 e. The summed E-state index contributed by atoms with van der Waals surface area (Å²) < 4.78 is 5.48. The number of amides is 1. The van der Waals surface area contributed by atoms with Gasteiger partial charge in [-0.15, -0.1) is 0 Å². The zero-order valence-corrected chi connectivity index (χ0v) is 13.9. The Labute approximate surface area is 142 Å². The lowest BCUT2D eigenvalue weighted by Crippen LogP contribution is -2.49. The summed E-state index contributed by atoms with van der Waals surface area (Å²) in [6, 6.07) is 6.55. The molecule has 0 aromatic carbocycles. The van der Waals surface area contributed by atoms with Crippen molar-refractivity contribution in [2.24, 2.45) is 0 Å². The summed E-state index contributed by atoms with van der Waals surface area (Å²) in [4.78, 5) is 30.5. The Morgan fingerprint density at radius 1 is 1.25 bits per heavy atom. The molecule has 2 aromatic rings. The number of carbonyl (C=O) groups is 1. The van der Waals surface area contributed by atoms with Crippen molar-refractivity contribution in [2.75, 3.05) is 37.3 Å². The maximum Gasteiger partial charge on any atom is 0.289 e. The highest BCUT2D eigenvalue weighted by molar-refractivity contribution is 7.98. The number of hydrogen-bond acceptors (Lipinski definition) is 7. The number of rotatable bonds is 4. The molecule has 0 saturated carbocycles. The van der Waals surface area contributed by atoms with Crippen LogP contribution >= 0.6 is 11.8 Å². The van der Waals surface area contributed by atoms with E-state index in [1.165, 1.54) is 24.0 Å². The number of nitrogens with zero attached hydrogens (tertiary/aromatic N) is 4. The minimum absolute atomic E-state index is 0.0324. The number of thioether (sulfide) groups is 1. The topological polar surface area (TPSA) is 92.7 Å². The number of piperazine rings is 1. The van der Waals surface area contributed by atoms with E-state index >= 15 is 0 Å². The monoisotopic (exact) mass is 348 g/mol. The van der Waals surface area contributed by atoms with Gasteiger partial charge in [0, 0.05) is 32.2 Å². The van der Waals surface area contributed by atoms with Gasteiger partial charge in [0.2, 0.25) is 0 Å². The summed E-state index contributed by atoms with van der Waals surface area (Å²) in [6.07, 6.45) is 3.14. The number of furan rings is 1. The Morgan fingerprint density at radius 3 is 2.54 bits per heavy atom. The molecule has 3 heterocycles. The zero-order chi connectivity index (χ0) is 17.1. The summed E-state index contributed by atoms with van der Waals surface area (Å²) in [6.45, 7) is 2.33. The molecule has 8 nitrogen and oxygen atoms in total. The van der Waals surface area contributed by atoms with Crippen molar-refractivity contribution in [2.45, 2.75) is 5.09 Å². The van der Waals surface area contributed by atoms with Gasteiger partial charge in [0.1, 0.15) is 12.0 Å². The number of nitro groups is 1. The maximum atomic E-state index is 12.4. The van der Waals surface area contributed by atoms with Crippen LogP contribution in [0.2, 0.25) is 0 Å². The number of pyridine rings is 1. The fraction of sp³-hybridized carbons (Fsp3) is 0.333. The van der Waals surface area contributed by atoms with Crippen LogP contribution in [0.5, 0.6) is 0 Å². The lowest BCUT2D eigenvalue weighted by atomic mass is 10.2. The first-order chi connectivity index (χ1) is 11.6. The van der Waals surface area contributed by atoms with Crippen LogP contribution in [0.15, 0.2) is 40.0 Å². The van der Waals surface area contributed by atoms with Gasteiger partial charge < -0.3 is 14.2 Å². The zero-order valence-electron chi connectivity index (χ0n) is 13.0. The molecule has 1 aliphatic rings. The predicted octanol–water partition coefficient (Wildman–Crippen LogP) is 2.27. The van der Waals surface area contributed by atoms with Crippen molar-refractivity contribution in [1.82, 2.24) is 9.88 Å². The fourth-order valence-corrected chi connectivity index (χ4v) is 2.89. The number of hydrogen-bond donors (Lipinski definition) is 0. The summed E-state index contributed by atoms with van der Waals surface area (Å²) in [5, 5.41) is 11.4. The third-order valence-corrected chi connectivity index (χ3v) is 4.45. The largest absolute Gasteiger partial charge is 0.445 e. The highest BCUT2D eigenvalue weighted by Gasteiger charge is 2.25. The van der Waals surface area contributed by atoms with E-state index in [-0.39, 0.29) is 11.6 Å². The number of anilines is 1. The van der Waals surface area contributed by atoms with Crippen LogP contribution in [-0.4, -0.2) is 53.1 Å². The Balaban J connectivity index is 1.60. The van der Waals surface area contributed by atoms with Crippen LogP contribution < -0.4 is 4.90 Å². The molecule has 0 bridgehead atoms. The molecule has 0 unspecified atom stereocenters. The van der Waals surface area contributed by atoms with E-state index in [0.717, 1.165) is 0 Å². The molecule has 1 saturated heterocycles. The van der Waals surface area contributed by atoms with Gasteiger partial charge >= 0.3 is 0 Å². The number of aromatic nitrogens is 1. The Kier molecular flexibility index (Phi) is 4.70. The molecule has 24 heavy (non-hydrogen) atoms. The highest BCUT2D eigenvalue weighted by atomic mass is 32.2. The van der Waals surface area contributed by atoms with Crippen LogP contribution in [0.3, 0.4) is 0 Å². The lowest BCUT2D eigenvalue weighted by Gasteiger charge is -2.34. The van der Waals surface area contributed by atoms with Gasteiger partial charge in [0.15, 0.2) is 10.9 Å². The molecule has 1 fully saturated rings. The molecular weight excluding hydrogens is 332 g/mol. The quantitative estimate of drug-likeness (QED) is 0.475. The average Bonchev–Trinajstić information content (AvgIpc) is 3.10. The first-order valence-electron chi connectivity index (χ1n) is 7.37. The van der Waals surface area contributed by atoms with E-state index in [1.807, 2.05) is 11.2 Å². The van der Waals surface area contributed by atoms with Gasteiger partial charge in [0.25, 0.3) is 11.6 Å². The molecule has 2 aromatic heterocycles. The van der Waals surface area contributed by atoms with Gasteiger partial charge in [-0.1, -0.05) is 11.8 Å². The second-order valence-corrected chi connectivity index (χ2v) is 6.04. The van der Waals surface area contributed by atoms with E-state index in [9.17, 15) is 14.9 Å². The average molecular weight is 348 g/mol. The molecule has 1 aliphatic heterocycles. The minimum atomic E-state index is -0.473. The molecule has 1 amide bonds. The molecule has 0 atom stereocenters. The highest BCUT2D eigenvalue weighted by Crippen LogP contribution is 2.21. The van der Waals surface area contributed by atoms with Crippen LogP contribution in [-0.2, 0) is 0 Å². The van der Waals surface area contributed by atoms with Gasteiger partial charge in [-0.25, -0.2) is 4.98 Å². The van der Waals surface area contributed by atoms with Crippen LogP contribution in [0.25, 0.3) is 0 Å². The molecule has 3 rings (SSSR count). The number of carbonyl (C=O) groups excluding carboxylic acids is 1. The van der Waals surface area contributed by atoms with Crippen molar-refractivity contribution in [3.63, 3.8) is 0 Å². The molecule has 0 N–H and O–H groups in total. The molecule has 9 heteroatoms. The Hall–Kier alpha value is -2.55. The first-order valence-corrected chi connectivity index (χ1v) is 8.59. The Morgan fingerprint density at radius 2 is 2.00 bits per heavy atom. The van der Waals surface area contributed by atoms with E-state index in [1.54, 1.807) is 23.1 Å². The summed E-state index contributed by atoms with van der Waals surface area (Å²) in [5.41, 5.74) is -0.0324. The summed E-state index contributed by atoms with van der Waals surface area (Å²) in [7, 11) is 0. The van der Waals surface area contributed by atoms with Crippen LogP contribution in [0, 0.1) is 10.1 Å². The van der Waals surface area contributed by atoms with Gasteiger partial charge in [0.05, 0.1) is 4.92 Å². The molecular formula is C15H16N4O4S. The summed E-state index contributed by atoms with van der Waals surface area (Å²) in [5.74, 6) is 0.906. The van der Waals surface area contributed by atoms with Crippen LogP contribution in [0.1, 0.15) is 10.6 Å². The maximum absolute atomic E-state index is 12.4. The second-order valence-electron chi connectivity index (χ2n) is 5.23. The third-order valence-electron chi connectivity index (χ3n) is 3.83. The standard InChI is InChI=1S/C15H16N4O4S/c1-24-14-5-3-12(23-14)15(20)18-8-6-17(7-9-18)13-4-2-11(10-16-13)19(21)22/h2-5,10H,6-9H2,1H3. The van der Waals surface area contributed by atoms with E-state index < -0.39 is 4.92 Å². The predicted molar refractivity (Wildman–Crippen MR) is 89.5 cm³/mol. The van der Waals surface area contributed by atoms with E-state index in [4.69, 9.17) is 4.42 Å². The first kappa shape index (κ1) is 16.3. The molecule has 0 radical (unpaired) electrons. The molecule has 126 valence electrons.